The minimum atomic E-state index is 0.210. The summed E-state index contributed by atoms with van der Waals surface area (Å²) in [6.45, 7) is 2.00. The Morgan fingerprint density at radius 1 is 1.00 bits per heavy atom. The third kappa shape index (κ3) is 2.01. The Labute approximate surface area is 122 Å². The molecule has 2 saturated carbocycles. The maximum Gasteiger partial charge on any atom is 0.0367 e. The van der Waals surface area contributed by atoms with Gasteiger partial charge in [0.1, 0.15) is 0 Å². The molecule has 3 aliphatic rings. The van der Waals surface area contributed by atoms with Crippen molar-refractivity contribution < 1.29 is 0 Å². The van der Waals surface area contributed by atoms with Crippen LogP contribution in [0.3, 0.4) is 0 Å². The van der Waals surface area contributed by atoms with Crippen LogP contribution in [-0.2, 0) is 12.8 Å². The first-order valence-electron chi connectivity index (χ1n) is 8.33. The van der Waals surface area contributed by atoms with E-state index >= 15 is 0 Å². The van der Waals surface area contributed by atoms with Gasteiger partial charge in [0.05, 0.1) is 0 Å². The fourth-order valence-corrected chi connectivity index (χ4v) is 4.66. The van der Waals surface area contributed by atoms with Gasteiger partial charge in [0, 0.05) is 12.1 Å². The highest BCUT2D eigenvalue weighted by Crippen LogP contribution is 2.47. The minimum absolute atomic E-state index is 0.210. The molecular weight excluding hydrogens is 244 g/mol. The summed E-state index contributed by atoms with van der Waals surface area (Å²) in [4.78, 5) is 0. The molecule has 0 amide bonds. The van der Waals surface area contributed by atoms with Crippen molar-refractivity contribution >= 4 is 0 Å². The maximum atomic E-state index is 6.31. The number of hydrogen-bond donors (Lipinski definition) is 2. The summed E-state index contributed by atoms with van der Waals surface area (Å²) >= 11 is 0. The van der Waals surface area contributed by atoms with Crippen molar-refractivity contribution in [2.75, 3.05) is 13.1 Å². The van der Waals surface area contributed by atoms with Gasteiger partial charge >= 0.3 is 0 Å². The molecule has 0 aliphatic heterocycles. The molecule has 3 N–H and O–H groups in total. The van der Waals surface area contributed by atoms with Gasteiger partial charge in [-0.3, -0.25) is 0 Å². The molecule has 108 valence electrons. The Morgan fingerprint density at radius 2 is 1.60 bits per heavy atom. The van der Waals surface area contributed by atoms with Crippen LogP contribution in [0.25, 0.3) is 0 Å². The Balaban J connectivity index is 1.64. The molecule has 0 radical (unpaired) electrons. The summed E-state index contributed by atoms with van der Waals surface area (Å²) < 4.78 is 0. The van der Waals surface area contributed by atoms with Crippen LogP contribution in [0, 0.1) is 17.8 Å². The van der Waals surface area contributed by atoms with Gasteiger partial charge < -0.3 is 11.1 Å². The molecule has 0 saturated heterocycles. The topological polar surface area (TPSA) is 38.0 Å². The number of nitrogens with two attached hydrogens (primary N) is 1. The Kier molecular flexibility index (Phi) is 3.12. The van der Waals surface area contributed by atoms with Gasteiger partial charge in [-0.05, 0) is 74.0 Å². The van der Waals surface area contributed by atoms with Crippen molar-refractivity contribution in [1.82, 2.24) is 5.32 Å². The molecule has 20 heavy (non-hydrogen) atoms. The van der Waals surface area contributed by atoms with E-state index in [-0.39, 0.29) is 5.54 Å². The predicted octanol–water partition coefficient (Wildman–Crippen LogP) is 2.51. The van der Waals surface area contributed by atoms with Crippen molar-refractivity contribution in [3.05, 3.63) is 35.4 Å². The molecule has 2 heteroatoms. The highest BCUT2D eigenvalue weighted by atomic mass is 15.0. The first-order chi connectivity index (χ1) is 9.82. The van der Waals surface area contributed by atoms with E-state index < -0.39 is 0 Å². The highest BCUT2D eigenvalue weighted by Gasteiger charge is 2.50. The van der Waals surface area contributed by atoms with Crippen molar-refractivity contribution in [2.24, 2.45) is 23.5 Å². The zero-order valence-electron chi connectivity index (χ0n) is 12.3. The van der Waals surface area contributed by atoms with Gasteiger partial charge in [0.15, 0.2) is 0 Å². The standard InChI is InChI=1S/C18H26N2/c19-12-18(20-11-13-5-6-13)16-7-8-17(18)10-15-4-2-1-3-14(15)9-16/h1-4,13,16-17,20H,5-12,19H2. The highest BCUT2D eigenvalue weighted by molar-refractivity contribution is 5.32. The van der Waals surface area contributed by atoms with Gasteiger partial charge in [-0.1, -0.05) is 24.3 Å². The zero-order valence-corrected chi connectivity index (χ0v) is 12.3. The summed E-state index contributed by atoms with van der Waals surface area (Å²) in [5, 5.41) is 3.96. The van der Waals surface area contributed by atoms with Crippen molar-refractivity contribution in [1.29, 1.82) is 0 Å². The molecule has 1 aromatic carbocycles. The molecule has 0 spiro atoms. The first kappa shape index (κ1) is 12.8. The molecule has 1 aromatic rings. The molecule has 2 bridgehead atoms. The number of benzene rings is 1. The lowest BCUT2D eigenvalue weighted by molar-refractivity contribution is 0.192. The van der Waals surface area contributed by atoms with E-state index in [1.54, 1.807) is 11.1 Å². The molecule has 0 heterocycles. The number of rotatable bonds is 4. The van der Waals surface area contributed by atoms with Gasteiger partial charge in [-0.25, -0.2) is 0 Å². The van der Waals surface area contributed by atoms with Crippen molar-refractivity contribution in [3.63, 3.8) is 0 Å². The van der Waals surface area contributed by atoms with Gasteiger partial charge in [-0.15, -0.1) is 0 Å². The second-order valence-corrected chi connectivity index (χ2v) is 7.22. The number of fused-ring (bicyclic) bond motifs is 3. The smallest absolute Gasteiger partial charge is 0.0367 e. The van der Waals surface area contributed by atoms with Gasteiger partial charge in [-0.2, -0.15) is 0 Å². The van der Waals surface area contributed by atoms with Crippen molar-refractivity contribution in [3.8, 4) is 0 Å². The van der Waals surface area contributed by atoms with Crippen LogP contribution < -0.4 is 11.1 Å². The van der Waals surface area contributed by atoms with Crippen LogP contribution in [0.1, 0.15) is 36.8 Å². The average Bonchev–Trinajstić information content (AvgIpc) is 3.23. The summed E-state index contributed by atoms with van der Waals surface area (Å²) in [5.74, 6) is 2.41. The average molecular weight is 270 g/mol. The van der Waals surface area contributed by atoms with E-state index in [9.17, 15) is 0 Å². The second kappa shape index (κ2) is 4.85. The zero-order chi connectivity index (χ0) is 13.6. The van der Waals surface area contributed by atoms with E-state index in [0.717, 1.165) is 24.3 Å². The molecule has 2 atom stereocenters. The van der Waals surface area contributed by atoms with Crippen LogP contribution in [-0.4, -0.2) is 18.6 Å². The lowest BCUT2D eigenvalue weighted by atomic mass is 9.78. The number of nitrogens with one attached hydrogen (secondary N) is 1. The van der Waals surface area contributed by atoms with Crippen molar-refractivity contribution in [2.45, 2.75) is 44.1 Å². The molecule has 4 rings (SSSR count). The van der Waals surface area contributed by atoms with E-state index in [0.29, 0.717) is 0 Å². The van der Waals surface area contributed by atoms with E-state index in [2.05, 4.69) is 29.6 Å². The lowest BCUT2D eigenvalue weighted by Gasteiger charge is -2.39. The molecule has 2 fully saturated rings. The normalized spacial score (nSPS) is 35.6. The Morgan fingerprint density at radius 3 is 2.10 bits per heavy atom. The summed E-state index contributed by atoms with van der Waals surface area (Å²) in [5.41, 5.74) is 9.67. The van der Waals surface area contributed by atoms with Gasteiger partial charge in [0.25, 0.3) is 0 Å². The van der Waals surface area contributed by atoms with Crippen LogP contribution in [0.4, 0.5) is 0 Å². The fourth-order valence-electron chi connectivity index (χ4n) is 4.66. The van der Waals surface area contributed by atoms with Crippen LogP contribution in [0.5, 0.6) is 0 Å². The monoisotopic (exact) mass is 270 g/mol. The SMILES string of the molecule is NCC1(NCC2CC2)C2CCC1Cc1ccccc1C2. The van der Waals surface area contributed by atoms with Crippen LogP contribution in [0.2, 0.25) is 0 Å². The summed E-state index contributed by atoms with van der Waals surface area (Å²) in [6.07, 6.45) is 8.00. The summed E-state index contributed by atoms with van der Waals surface area (Å²) in [6, 6.07) is 9.05. The quantitative estimate of drug-likeness (QED) is 0.882. The minimum Gasteiger partial charge on any atom is -0.329 e. The molecular formula is C18H26N2. The summed E-state index contributed by atoms with van der Waals surface area (Å²) in [7, 11) is 0. The third-order valence-corrected chi connectivity index (χ3v) is 6.13. The largest absolute Gasteiger partial charge is 0.329 e. The predicted molar refractivity (Wildman–Crippen MR) is 82.6 cm³/mol. The molecule has 3 aliphatic carbocycles. The van der Waals surface area contributed by atoms with E-state index in [4.69, 9.17) is 5.73 Å². The lowest BCUT2D eigenvalue weighted by Crippen LogP contribution is -2.59. The third-order valence-electron chi connectivity index (χ3n) is 6.13. The van der Waals surface area contributed by atoms with E-state index in [1.807, 2.05) is 0 Å². The fraction of sp³-hybridized carbons (Fsp3) is 0.667. The van der Waals surface area contributed by atoms with E-state index in [1.165, 1.54) is 45.1 Å². The maximum absolute atomic E-state index is 6.31. The number of hydrogen-bond acceptors (Lipinski definition) is 2. The van der Waals surface area contributed by atoms with Crippen LogP contribution >= 0.6 is 0 Å². The Bertz CT molecular complexity index is 459. The Hall–Kier alpha value is -0.860. The van der Waals surface area contributed by atoms with Gasteiger partial charge in [0.2, 0.25) is 0 Å². The molecule has 2 unspecified atom stereocenters. The molecule has 2 nitrogen and oxygen atoms in total. The molecule has 0 aromatic heterocycles. The second-order valence-electron chi connectivity index (χ2n) is 7.22. The van der Waals surface area contributed by atoms with Crippen LogP contribution in [0.15, 0.2) is 24.3 Å². The first-order valence-corrected chi connectivity index (χ1v) is 8.33.